The molecule has 1 N–H and O–H groups in total. The van der Waals surface area contributed by atoms with Gasteiger partial charge in [-0.05, 0) is 47.7 Å². The first-order valence-electron chi connectivity index (χ1n) is 10.7. The van der Waals surface area contributed by atoms with Crippen molar-refractivity contribution in [3.63, 3.8) is 0 Å². The van der Waals surface area contributed by atoms with Crippen molar-refractivity contribution in [1.82, 2.24) is 5.32 Å². The zero-order valence-electron chi connectivity index (χ0n) is 18.1. The molecule has 30 heavy (non-hydrogen) atoms. The third kappa shape index (κ3) is 5.37. The molecule has 1 aliphatic rings. The van der Waals surface area contributed by atoms with Crippen LogP contribution in [-0.4, -0.2) is 39.0 Å². The standard InChI is InChI=1S/C24H32FN3O2/c1-4-19-16-21(10-11-23(19)28-14-12-26-13-15-28)24(29-3)17-22(18(2)27-30-25)20-8-6-5-7-9-20/h5-11,16,22,24,26H,4,12-15,17H2,1-3H3/b27-18+. The summed E-state index contributed by atoms with van der Waals surface area (Å²) in [5.41, 5.74) is 5.40. The topological polar surface area (TPSA) is 46.1 Å². The molecule has 6 heteroatoms. The van der Waals surface area contributed by atoms with Crippen LogP contribution in [0.5, 0.6) is 0 Å². The molecule has 0 saturated carbocycles. The fraction of sp³-hybridized carbons (Fsp3) is 0.458. The molecular formula is C24H32FN3O2. The third-order valence-corrected chi connectivity index (χ3v) is 5.93. The quantitative estimate of drug-likeness (QED) is 0.474. The second-order valence-corrected chi connectivity index (χ2v) is 7.70. The van der Waals surface area contributed by atoms with Crippen molar-refractivity contribution in [2.45, 2.75) is 38.7 Å². The van der Waals surface area contributed by atoms with Gasteiger partial charge in [-0.2, -0.15) is 5.04 Å². The smallest absolute Gasteiger partial charge is 0.0830 e. The summed E-state index contributed by atoms with van der Waals surface area (Å²) >= 11 is 0. The maximum atomic E-state index is 12.5. The normalized spacial score (nSPS) is 16.9. The van der Waals surface area contributed by atoms with E-state index in [1.54, 1.807) is 14.0 Å². The molecule has 1 saturated heterocycles. The van der Waals surface area contributed by atoms with Gasteiger partial charge in [0.2, 0.25) is 0 Å². The van der Waals surface area contributed by atoms with E-state index in [-0.39, 0.29) is 12.0 Å². The fourth-order valence-electron chi connectivity index (χ4n) is 4.24. The molecule has 2 aromatic carbocycles. The average molecular weight is 414 g/mol. The Balaban J connectivity index is 1.87. The van der Waals surface area contributed by atoms with Gasteiger partial charge in [-0.3, -0.25) is 0 Å². The lowest BCUT2D eigenvalue weighted by Gasteiger charge is -2.32. The van der Waals surface area contributed by atoms with E-state index in [1.807, 2.05) is 30.3 Å². The minimum Gasteiger partial charge on any atom is -0.377 e. The highest BCUT2D eigenvalue weighted by Crippen LogP contribution is 2.34. The molecule has 1 heterocycles. The summed E-state index contributed by atoms with van der Waals surface area (Å²) in [6, 6.07) is 16.6. The van der Waals surface area contributed by atoms with Crippen molar-refractivity contribution in [2.75, 3.05) is 38.2 Å². The molecule has 0 aliphatic carbocycles. The Morgan fingerprint density at radius 1 is 1.13 bits per heavy atom. The minimum atomic E-state index is -0.137. The second-order valence-electron chi connectivity index (χ2n) is 7.70. The Morgan fingerprint density at radius 2 is 1.87 bits per heavy atom. The number of rotatable bonds is 9. The van der Waals surface area contributed by atoms with Gasteiger partial charge in [0, 0.05) is 49.4 Å². The summed E-state index contributed by atoms with van der Waals surface area (Å²) in [5, 5.41) is 10.6. The number of nitrogens with zero attached hydrogens (tertiary/aromatic N) is 2. The van der Waals surface area contributed by atoms with Crippen molar-refractivity contribution in [3.8, 4) is 0 Å². The number of halogens is 1. The van der Waals surface area contributed by atoms with Crippen molar-refractivity contribution in [3.05, 3.63) is 65.2 Å². The molecule has 3 rings (SSSR count). The van der Waals surface area contributed by atoms with Crippen LogP contribution in [0.1, 0.15) is 49.0 Å². The summed E-state index contributed by atoms with van der Waals surface area (Å²) in [6.45, 7) is 8.05. The lowest BCUT2D eigenvalue weighted by Crippen LogP contribution is -2.43. The van der Waals surface area contributed by atoms with Crippen LogP contribution in [0.2, 0.25) is 0 Å². The molecule has 162 valence electrons. The second kappa shape index (κ2) is 11.1. The minimum absolute atomic E-state index is 0.107. The lowest BCUT2D eigenvalue weighted by atomic mass is 9.87. The number of oxime groups is 1. The monoisotopic (exact) mass is 413 g/mol. The average Bonchev–Trinajstić information content (AvgIpc) is 2.80. The Hall–Kier alpha value is -2.44. The first kappa shape index (κ1) is 22.2. The van der Waals surface area contributed by atoms with E-state index in [9.17, 15) is 4.53 Å². The number of methoxy groups -OCH3 is 1. The van der Waals surface area contributed by atoms with Crippen molar-refractivity contribution in [1.29, 1.82) is 0 Å². The number of piperazine rings is 1. The van der Waals surface area contributed by atoms with Gasteiger partial charge in [-0.25, -0.2) is 0 Å². The Morgan fingerprint density at radius 3 is 2.50 bits per heavy atom. The number of anilines is 1. The summed E-state index contributed by atoms with van der Waals surface area (Å²) in [6.07, 6.45) is 1.47. The first-order chi connectivity index (χ1) is 14.7. The Bertz CT molecular complexity index is 822. The number of ether oxygens (including phenoxy) is 1. The molecule has 1 aliphatic heterocycles. The van der Waals surface area contributed by atoms with Crippen LogP contribution in [0.25, 0.3) is 0 Å². The van der Waals surface area contributed by atoms with E-state index in [2.05, 4.69) is 45.5 Å². The molecule has 0 amide bonds. The molecule has 2 unspecified atom stereocenters. The van der Waals surface area contributed by atoms with Crippen LogP contribution in [0.4, 0.5) is 10.2 Å². The molecule has 0 bridgehead atoms. The lowest BCUT2D eigenvalue weighted by molar-refractivity contribution is -0.131. The highest BCUT2D eigenvalue weighted by Gasteiger charge is 2.24. The molecular weight excluding hydrogens is 381 g/mol. The predicted molar refractivity (Wildman–Crippen MR) is 120 cm³/mol. The van der Waals surface area contributed by atoms with Gasteiger partial charge in [0.25, 0.3) is 0 Å². The summed E-state index contributed by atoms with van der Waals surface area (Å²) in [4.78, 5) is 2.45. The van der Waals surface area contributed by atoms with E-state index >= 15 is 0 Å². The number of hydrogen-bond donors (Lipinski definition) is 1. The molecule has 0 spiro atoms. The van der Waals surface area contributed by atoms with E-state index in [4.69, 9.17) is 4.74 Å². The highest BCUT2D eigenvalue weighted by molar-refractivity contribution is 5.88. The van der Waals surface area contributed by atoms with Crippen molar-refractivity contribution in [2.24, 2.45) is 5.16 Å². The van der Waals surface area contributed by atoms with Crippen LogP contribution in [-0.2, 0) is 16.2 Å². The Kier molecular flexibility index (Phi) is 8.22. The fourth-order valence-corrected chi connectivity index (χ4v) is 4.24. The van der Waals surface area contributed by atoms with E-state index < -0.39 is 0 Å². The third-order valence-electron chi connectivity index (χ3n) is 5.93. The SMILES string of the molecule is CCc1cc(C(CC(/C(C)=N/OF)c2ccccc2)OC)ccc1N1CCNCC1. The van der Waals surface area contributed by atoms with E-state index in [1.165, 1.54) is 11.3 Å². The molecule has 0 aromatic heterocycles. The number of benzene rings is 2. The number of nitrogens with one attached hydrogen (secondary N) is 1. The number of aryl methyl sites for hydroxylation is 1. The molecule has 5 nitrogen and oxygen atoms in total. The highest BCUT2D eigenvalue weighted by atomic mass is 19.3. The maximum absolute atomic E-state index is 12.5. The Labute approximate surface area is 178 Å². The first-order valence-corrected chi connectivity index (χ1v) is 10.7. The van der Waals surface area contributed by atoms with Crippen molar-refractivity contribution < 1.29 is 14.3 Å². The van der Waals surface area contributed by atoms with Crippen molar-refractivity contribution >= 4 is 11.4 Å². The summed E-state index contributed by atoms with van der Waals surface area (Å²) in [7, 11) is 1.72. The maximum Gasteiger partial charge on any atom is 0.0830 e. The van der Waals surface area contributed by atoms with Crippen LogP contribution in [0, 0.1) is 0 Å². The number of hydrogen-bond acceptors (Lipinski definition) is 5. The van der Waals surface area contributed by atoms with Gasteiger partial charge in [-0.1, -0.05) is 49.4 Å². The van der Waals surface area contributed by atoms with Gasteiger partial charge in [0.05, 0.1) is 11.8 Å². The summed E-state index contributed by atoms with van der Waals surface area (Å²) < 4.78 is 18.3. The zero-order valence-corrected chi connectivity index (χ0v) is 18.1. The van der Waals surface area contributed by atoms with Crippen LogP contribution in [0.15, 0.2) is 53.7 Å². The predicted octanol–water partition coefficient (Wildman–Crippen LogP) is 4.80. The molecule has 2 aromatic rings. The van der Waals surface area contributed by atoms with Gasteiger partial charge >= 0.3 is 0 Å². The van der Waals surface area contributed by atoms with Crippen LogP contribution in [0.3, 0.4) is 0 Å². The van der Waals surface area contributed by atoms with E-state index in [0.29, 0.717) is 12.1 Å². The van der Waals surface area contributed by atoms with Gasteiger partial charge in [0.1, 0.15) is 0 Å². The van der Waals surface area contributed by atoms with Crippen LogP contribution < -0.4 is 10.2 Å². The van der Waals surface area contributed by atoms with Gasteiger partial charge in [0.15, 0.2) is 0 Å². The van der Waals surface area contributed by atoms with Crippen LogP contribution >= 0.6 is 0 Å². The molecule has 2 atom stereocenters. The molecule has 0 radical (unpaired) electrons. The van der Waals surface area contributed by atoms with Gasteiger partial charge < -0.3 is 15.0 Å². The van der Waals surface area contributed by atoms with E-state index in [0.717, 1.165) is 43.7 Å². The van der Waals surface area contributed by atoms with Gasteiger partial charge in [-0.15, -0.1) is 0 Å². The molecule has 1 fully saturated rings. The largest absolute Gasteiger partial charge is 0.377 e. The zero-order chi connectivity index (χ0) is 21.3. The summed E-state index contributed by atoms with van der Waals surface area (Å²) in [5.74, 6) is -0.107.